The summed E-state index contributed by atoms with van der Waals surface area (Å²) in [6.45, 7) is 2.14. The van der Waals surface area contributed by atoms with E-state index in [1.165, 1.54) is 19.8 Å². The number of alkyl halides is 1. The first-order valence-electron chi connectivity index (χ1n) is 4.84. The Morgan fingerprint density at radius 2 is 1.76 bits per heavy atom. The highest BCUT2D eigenvalue weighted by molar-refractivity contribution is 9.11. The molecule has 17 heavy (non-hydrogen) atoms. The molecule has 0 aliphatic rings. The molecule has 0 amide bonds. The van der Waals surface area contributed by atoms with Gasteiger partial charge < -0.3 is 0 Å². The number of rotatable bonds is 2. The maximum atomic E-state index is 3.78. The molecule has 0 N–H and O–H groups in total. The molecule has 2 aromatic rings. The van der Waals surface area contributed by atoms with Crippen LogP contribution in [0.4, 0.5) is 0 Å². The van der Waals surface area contributed by atoms with Gasteiger partial charge in [-0.05, 0) is 58.2 Å². The quantitative estimate of drug-likeness (QED) is 0.394. The minimum Gasteiger partial charge on any atom is -0.133 e. The summed E-state index contributed by atoms with van der Waals surface area (Å²) >= 11 is 16.2. The molecular formula is C12H8Br4S. The van der Waals surface area contributed by atoms with Crippen LogP contribution in [0.15, 0.2) is 37.0 Å². The first-order chi connectivity index (χ1) is 7.99. The molecule has 0 saturated carbocycles. The molecule has 5 heteroatoms. The Morgan fingerprint density at radius 1 is 1.06 bits per heavy atom. The maximum absolute atomic E-state index is 3.78. The van der Waals surface area contributed by atoms with Crippen molar-refractivity contribution >= 4 is 75.1 Å². The SMILES string of the molecule is Cc1sc(Br)cc1C(Br)c1cc(Br)ccc1Br. The summed E-state index contributed by atoms with van der Waals surface area (Å²) in [6.07, 6.45) is 0. The minimum atomic E-state index is 0.205. The summed E-state index contributed by atoms with van der Waals surface area (Å²) in [5, 5.41) is 0. The smallest absolute Gasteiger partial charge is 0.0704 e. The van der Waals surface area contributed by atoms with Crippen molar-refractivity contribution in [2.24, 2.45) is 0 Å². The van der Waals surface area contributed by atoms with Gasteiger partial charge >= 0.3 is 0 Å². The van der Waals surface area contributed by atoms with Crippen molar-refractivity contribution in [1.29, 1.82) is 0 Å². The minimum absolute atomic E-state index is 0.205. The van der Waals surface area contributed by atoms with Gasteiger partial charge in [-0.3, -0.25) is 0 Å². The summed E-state index contributed by atoms with van der Waals surface area (Å²) < 4.78 is 3.37. The molecule has 0 aliphatic carbocycles. The first-order valence-corrected chi connectivity index (χ1v) is 8.95. The second-order valence-electron chi connectivity index (χ2n) is 3.59. The van der Waals surface area contributed by atoms with E-state index in [1.807, 2.05) is 6.07 Å². The second kappa shape index (κ2) is 5.87. The molecule has 90 valence electrons. The Balaban J connectivity index is 2.46. The van der Waals surface area contributed by atoms with E-state index in [0.29, 0.717) is 0 Å². The fraction of sp³-hybridized carbons (Fsp3) is 0.167. The van der Waals surface area contributed by atoms with Crippen LogP contribution in [-0.4, -0.2) is 0 Å². The number of hydrogen-bond acceptors (Lipinski definition) is 1. The van der Waals surface area contributed by atoms with Gasteiger partial charge in [0.2, 0.25) is 0 Å². The molecule has 1 atom stereocenters. The van der Waals surface area contributed by atoms with Gasteiger partial charge in [-0.15, -0.1) is 11.3 Å². The molecule has 1 unspecified atom stereocenters. The van der Waals surface area contributed by atoms with Gasteiger partial charge in [-0.25, -0.2) is 0 Å². The molecule has 0 saturated heterocycles. The standard InChI is InChI=1S/C12H8Br4S/c1-6-8(5-11(15)17-6)12(16)9-4-7(13)2-3-10(9)14/h2-5,12H,1H3. The van der Waals surface area contributed by atoms with E-state index in [2.05, 4.69) is 88.8 Å². The molecule has 0 bridgehead atoms. The van der Waals surface area contributed by atoms with Gasteiger partial charge in [0.15, 0.2) is 0 Å². The van der Waals surface area contributed by atoms with E-state index in [4.69, 9.17) is 0 Å². The van der Waals surface area contributed by atoms with Crippen molar-refractivity contribution in [3.63, 3.8) is 0 Å². The molecule has 1 heterocycles. The normalized spacial score (nSPS) is 12.8. The van der Waals surface area contributed by atoms with Crippen LogP contribution in [-0.2, 0) is 0 Å². The fourth-order valence-corrected chi connectivity index (χ4v) is 5.50. The van der Waals surface area contributed by atoms with Crippen LogP contribution in [0.2, 0.25) is 0 Å². The predicted octanol–water partition coefficient (Wildman–Crippen LogP) is 6.83. The highest BCUT2D eigenvalue weighted by Crippen LogP contribution is 2.41. The van der Waals surface area contributed by atoms with Gasteiger partial charge in [0.05, 0.1) is 8.61 Å². The Morgan fingerprint density at radius 3 is 2.35 bits per heavy atom. The summed E-state index contributed by atoms with van der Waals surface area (Å²) in [5.41, 5.74) is 2.54. The van der Waals surface area contributed by atoms with Gasteiger partial charge in [0, 0.05) is 13.8 Å². The molecule has 2 rings (SSSR count). The number of benzene rings is 1. The van der Waals surface area contributed by atoms with Crippen molar-refractivity contribution < 1.29 is 0 Å². The number of hydrogen-bond donors (Lipinski definition) is 0. The summed E-state index contributed by atoms with van der Waals surface area (Å²) in [4.78, 5) is 1.53. The van der Waals surface area contributed by atoms with Crippen molar-refractivity contribution in [2.75, 3.05) is 0 Å². The van der Waals surface area contributed by atoms with E-state index < -0.39 is 0 Å². The topological polar surface area (TPSA) is 0 Å². The molecular weight excluding hydrogens is 496 g/mol. The Kier molecular flexibility index (Phi) is 4.92. The lowest BCUT2D eigenvalue weighted by atomic mass is 10.1. The van der Waals surface area contributed by atoms with Gasteiger partial charge in [-0.2, -0.15) is 0 Å². The van der Waals surface area contributed by atoms with E-state index in [-0.39, 0.29) is 4.83 Å². The lowest BCUT2D eigenvalue weighted by Crippen LogP contribution is -1.94. The van der Waals surface area contributed by atoms with E-state index >= 15 is 0 Å². The van der Waals surface area contributed by atoms with Gasteiger partial charge in [-0.1, -0.05) is 47.8 Å². The van der Waals surface area contributed by atoms with Crippen LogP contribution in [0.25, 0.3) is 0 Å². The van der Waals surface area contributed by atoms with Crippen molar-refractivity contribution in [3.8, 4) is 0 Å². The van der Waals surface area contributed by atoms with Crippen LogP contribution in [0.3, 0.4) is 0 Å². The van der Waals surface area contributed by atoms with E-state index in [1.54, 1.807) is 11.3 Å². The average molecular weight is 504 g/mol. The van der Waals surface area contributed by atoms with Crippen molar-refractivity contribution in [2.45, 2.75) is 11.8 Å². The highest BCUT2D eigenvalue weighted by Gasteiger charge is 2.17. The molecule has 0 fully saturated rings. The monoisotopic (exact) mass is 500 g/mol. The number of halogens is 4. The maximum Gasteiger partial charge on any atom is 0.0704 e. The molecule has 0 nitrogen and oxygen atoms in total. The van der Waals surface area contributed by atoms with Crippen molar-refractivity contribution in [3.05, 3.63) is 53.0 Å². The zero-order valence-electron chi connectivity index (χ0n) is 8.81. The Hall–Kier alpha value is 0.840. The highest BCUT2D eigenvalue weighted by atomic mass is 79.9. The largest absolute Gasteiger partial charge is 0.133 e. The zero-order valence-corrected chi connectivity index (χ0v) is 16.0. The second-order valence-corrected chi connectivity index (χ2v) is 8.91. The lowest BCUT2D eigenvalue weighted by molar-refractivity contribution is 1.15. The number of thiophene rings is 1. The predicted molar refractivity (Wildman–Crippen MR) is 89.4 cm³/mol. The van der Waals surface area contributed by atoms with Crippen LogP contribution in [0, 0.1) is 6.92 Å². The summed E-state index contributed by atoms with van der Waals surface area (Å²) in [5.74, 6) is 0. The van der Waals surface area contributed by atoms with E-state index in [9.17, 15) is 0 Å². The molecule has 1 aromatic carbocycles. The first kappa shape index (κ1) is 14.3. The summed E-state index contributed by atoms with van der Waals surface area (Å²) in [6, 6.07) is 8.40. The fourth-order valence-electron chi connectivity index (χ4n) is 1.59. The summed E-state index contributed by atoms with van der Waals surface area (Å²) in [7, 11) is 0. The Labute approximate surface area is 138 Å². The van der Waals surface area contributed by atoms with Crippen LogP contribution < -0.4 is 0 Å². The van der Waals surface area contributed by atoms with Crippen LogP contribution >= 0.6 is 75.1 Å². The zero-order chi connectivity index (χ0) is 12.6. The van der Waals surface area contributed by atoms with Gasteiger partial charge in [0.25, 0.3) is 0 Å². The molecule has 0 radical (unpaired) electrons. The van der Waals surface area contributed by atoms with E-state index in [0.717, 1.165) is 8.95 Å². The molecule has 1 aromatic heterocycles. The third-order valence-electron chi connectivity index (χ3n) is 2.43. The van der Waals surface area contributed by atoms with Crippen molar-refractivity contribution in [1.82, 2.24) is 0 Å². The molecule has 0 spiro atoms. The molecule has 0 aliphatic heterocycles. The van der Waals surface area contributed by atoms with Crippen LogP contribution in [0.1, 0.15) is 20.8 Å². The van der Waals surface area contributed by atoms with Crippen LogP contribution in [0.5, 0.6) is 0 Å². The third-order valence-corrected chi connectivity index (χ3v) is 6.20. The third kappa shape index (κ3) is 3.24. The number of aryl methyl sites for hydroxylation is 1. The Bertz CT molecular complexity index is 547. The lowest BCUT2D eigenvalue weighted by Gasteiger charge is -2.12. The van der Waals surface area contributed by atoms with Gasteiger partial charge in [0.1, 0.15) is 0 Å². The average Bonchev–Trinajstić information content (AvgIpc) is 2.60.